The summed E-state index contributed by atoms with van der Waals surface area (Å²) in [5.41, 5.74) is 3.27. The van der Waals surface area contributed by atoms with E-state index in [4.69, 9.17) is 5.11 Å². The van der Waals surface area contributed by atoms with Gasteiger partial charge in [-0.25, -0.2) is 0 Å². The van der Waals surface area contributed by atoms with Crippen molar-refractivity contribution in [3.8, 4) is 0 Å². The molecule has 24 heavy (non-hydrogen) atoms. The summed E-state index contributed by atoms with van der Waals surface area (Å²) in [5, 5.41) is 13.6. The number of aryl methyl sites for hydroxylation is 1. The van der Waals surface area contributed by atoms with E-state index in [2.05, 4.69) is 25.9 Å². The largest absolute Gasteiger partial charge is 0.481 e. The fourth-order valence-corrected chi connectivity index (χ4v) is 3.20. The van der Waals surface area contributed by atoms with Crippen molar-refractivity contribution in [2.75, 3.05) is 13.1 Å². The summed E-state index contributed by atoms with van der Waals surface area (Å²) in [7, 11) is 0. The highest BCUT2D eigenvalue weighted by Gasteiger charge is 2.30. The molecule has 0 radical (unpaired) electrons. The fraction of sp³-hybridized carbons (Fsp3) is 0.706. The number of carbonyl (C=O) groups is 2. The molecule has 0 aromatic carbocycles. The Hall–Kier alpha value is -1.56. The number of rotatable bonds is 6. The number of nitrogens with zero attached hydrogens (tertiary/aromatic N) is 3. The minimum absolute atomic E-state index is 0. The van der Waals surface area contributed by atoms with Crippen molar-refractivity contribution in [3.63, 3.8) is 0 Å². The van der Waals surface area contributed by atoms with Crippen LogP contribution in [0.15, 0.2) is 0 Å². The Bertz CT molecular complexity index is 598. The van der Waals surface area contributed by atoms with Crippen LogP contribution in [0.3, 0.4) is 0 Å². The van der Waals surface area contributed by atoms with Gasteiger partial charge in [0.2, 0.25) is 5.91 Å². The van der Waals surface area contributed by atoms with Gasteiger partial charge in [-0.3, -0.25) is 14.3 Å². The van der Waals surface area contributed by atoms with Crippen molar-refractivity contribution in [1.82, 2.24) is 14.7 Å². The zero-order chi connectivity index (χ0) is 17.1. The molecule has 1 amide bonds. The number of amides is 1. The van der Waals surface area contributed by atoms with Gasteiger partial charge in [0.1, 0.15) is 0 Å². The highest BCUT2D eigenvalue weighted by atomic mass is 35.5. The monoisotopic (exact) mass is 357 g/mol. The van der Waals surface area contributed by atoms with Gasteiger partial charge in [0.15, 0.2) is 0 Å². The summed E-state index contributed by atoms with van der Waals surface area (Å²) in [4.78, 5) is 25.0. The van der Waals surface area contributed by atoms with Crippen molar-refractivity contribution in [2.24, 2.45) is 11.8 Å². The van der Waals surface area contributed by atoms with Gasteiger partial charge in [-0.05, 0) is 38.2 Å². The van der Waals surface area contributed by atoms with Crippen LogP contribution < -0.4 is 0 Å². The molecule has 1 saturated heterocycles. The number of likely N-dealkylation sites (tertiary alicyclic amines) is 1. The lowest BCUT2D eigenvalue weighted by atomic mass is 10.1. The molecule has 1 fully saturated rings. The zero-order valence-corrected chi connectivity index (χ0v) is 15.7. The van der Waals surface area contributed by atoms with E-state index in [1.807, 2.05) is 11.6 Å². The Morgan fingerprint density at radius 3 is 2.54 bits per heavy atom. The predicted molar refractivity (Wildman–Crippen MR) is 94.4 cm³/mol. The molecule has 1 aromatic heterocycles. The molecule has 136 valence electrons. The van der Waals surface area contributed by atoms with Crippen LogP contribution in [0.4, 0.5) is 0 Å². The molecule has 7 heteroatoms. The van der Waals surface area contributed by atoms with Gasteiger partial charge in [-0.1, -0.05) is 13.8 Å². The van der Waals surface area contributed by atoms with E-state index in [1.54, 1.807) is 4.90 Å². The van der Waals surface area contributed by atoms with Crippen LogP contribution in [0.1, 0.15) is 43.6 Å². The third-order valence-electron chi connectivity index (χ3n) is 4.55. The highest BCUT2D eigenvalue weighted by Crippen LogP contribution is 2.20. The van der Waals surface area contributed by atoms with Gasteiger partial charge in [-0.15, -0.1) is 12.4 Å². The molecular formula is C17H28ClN3O3. The van der Waals surface area contributed by atoms with Crippen molar-refractivity contribution in [1.29, 1.82) is 0 Å². The summed E-state index contributed by atoms with van der Waals surface area (Å²) < 4.78 is 2.02. The number of carbonyl (C=O) groups excluding carboxylic acids is 1. The Labute approximate surface area is 149 Å². The van der Waals surface area contributed by atoms with Gasteiger partial charge in [0, 0.05) is 31.7 Å². The van der Waals surface area contributed by atoms with E-state index in [9.17, 15) is 9.59 Å². The molecule has 1 unspecified atom stereocenters. The number of hydrogen-bond acceptors (Lipinski definition) is 3. The predicted octanol–water partition coefficient (Wildman–Crippen LogP) is 2.44. The van der Waals surface area contributed by atoms with Crippen LogP contribution in [0.5, 0.6) is 0 Å². The minimum Gasteiger partial charge on any atom is -0.481 e. The van der Waals surface area contributed by atoms with Crippen LogP contribution in [0.25, 0.3) is 0 Å². The first-order valence-corrected chi connectivity index (χ1v) is 8.33. The molecule has 1 aromatic rings. The van der Waals surface area contributed by atoms with Crippen molar-refractivity contribution >= 4 is 24.3 Å². The summed E-state index contributed by atoms with van der Waals surface area (Å²) in [6.07, 6.45) is 1.65. The second kappa shape index (κ2) is 8.51. The first-order chi connectivity index (χ1) is 10.8. The van der Waals surface area contributed by atoms with Gasteiger partial charge in [-0.2, -0.15) is 5.10 Å². The average molecular weight is 358 g/mol. The van der Waals surface area contributed by atoms with Gasteiger partial charge < -0.3 is 10.0 Å². The van der Waals surface area contributed by atoms with Crippen LogP contribution in [-0.4, -0.2) is 44.8 Å². The third-order valence-corrected chi connectivity index (χ3v) is 4.55. The van der Waals surface area contributed by atoms with E-state index < -0.39 is 11.9 Å². The van der Waals surface area contributed by atoms with E-state index in [0.717, 1.165) is 23.5 Å². The van der Waals surface area contributed by atoms with Crippen molar-refractivity contribution in [2.45, 2.75) is 53.5 Å². The Morgan fingerprint density at radius 2 is 2.00 bits per heavy atom. The molecule has 2 heterocycles. The molecule has 6 nitrogen and oxygen atoms in total. The van der Waals surface area contributed by atoms with E-state index in [1.165, 1.54) is 0 Å². The van der Waals surface area contributed by atoms with Gasteiger partial charge >= 0.3 is 5.97 Å². The lowest BCUT2D eigenvalue weighted by Gasteiger charge is -2.15. The maximum Gasteiger partial charge on any atom is 0.308 e. The quantitative estimate of drug-likeness (QED) is 0.848. The average Bonchev–Trinajstić information content (AvgIpc) is 3.04. The Morgan fingerprint density at radius 1 is 1.33 bits per heavy atom. The number of carboxylic acid groups (broad SMARTS) is 1. The number of halogens is 1. The lowest BCUT2D eigenvalue weighted by molar-refractivity contribution is -0.141. The molecule has 0 bridgehead atoms. The third kappa shape index (κ3) is 4.72. The van der Waals surface area contributed by atoms with E-state index in [-0.39, 0.29) is 18.3 Å². The highest BCUT2D eigenvalue weighted by molar-refractivity contribution is 5.85. The summed E-state index contributed by atoms with van der Waals surface area (Å²) in [6, 6.07) is 0. The standard InChI is InChI=1S/C17H27N3O3.ClH/c1-11(2)9-20-13(4)15(12(3)18-20)5-6-16(21)19-8-7-14(10-19)17(22)23;/h11,14H,5-10H2,1-4H3,(H,22,23);1H. The second-order valence-electron chi connectivity index (χ2n) is 6.89. The Kier molecular flexibility index (Phi) is 7.27. The first kappa shape index (κ1) is 20.5. The molecule has 0 aliphatic carbocycles. The second-order valence-corrected chi connectivity index (χ2v) is 6.89. The van der Waals surface area contributed by atoms with E-state index >= 15 is 0 Å². The van der Waals surface area contributed by atoms with Crippen LogP contribution in [-0.2, 0) is 22.6 Å². The Balaban J connectivity index is 0.00000288. The van der Waals surface area contributed by atoms with Crippen LogP contribution in [0.2, 0.25) is 0 Å². The fourth-order valence-electron chi connectivity index (χ4n) is 3.20. The lowest BCUT2D eigenvalue weighted by Crippen LogP contribution is -2.30. The van der Waals surface area contributed by atoms with Crippen LogP contribution in [0, 0.1) is 25.7 Å². The van der Waals surface area contributed by atoms with Crippen molar-refractivity contribution in [3.05, 3.63) is 17.0 Å². The normalized spacial score (nSPS) is 17.2. The summed E-state index contributed by atoms with van der Waals surface area (Å²) in [5.74, 6) is -0.637. The number of aromatic nitrogens is 2. The molecule has 1 N–H and O–H groups in total. The molecule has 2 rings (SSSR count). The van der Waals surface area contributed by atoms with Crippen LogP contribution >= 0.6 is 12.4 Å². The van der Waals surface area contributed by atoms with E-state index in [0.29, 0.717) is 38.3 Å². The molecule has 0 spiro atoms. The number of hydrogen-bond donors (Lipinski definition) is 1. The molecule has 1 atom stereocenters. The topological polar surface area (TPSA) is 75.4 Å². The smallest absolute Gasteiger partial charge is 0.308 e. The van der Waals surface area contributed by atoms with Crippen molar-refractivity contribution < 1.29 is 14.7 Å². The number of carboxylic acids is 1. The zero-order valence-electron chi connectivity index (χ0n) is 14.9. The maximum absolute atomic E-state index is 12.3. The summed E-state index contributed by atoms with van der Waals surface area (Å²) in [6.45, 7) is 10.1. The molecule has 0 saturated carbocycles. The molecule has 1 aliphatic heterocycles. The van der Waals surface area contributed by atoms with Gasteiger partial charge in [0.25, 0.3) is 0 Å². The number of aliphatic carboxylic acids is 1. The SMILES string of the molecule is Cc1nn(CC(C)C)c(C)c1CCC(=O)N1CCC(C(=O)O)C1.Cl. The first-order valence-electron chi connectivity index (χ1n) is 8.33. The summed E-state index contributed by atoms with van der Waals surface area (Å²) >= 11 is 0. The molecule has 1 aliphatic rings. The van der Waals surface area contributed by atoms with Gasteiger partial charge in [0.05, 0.1) is 11.6 Å². The maximum atomic E-state index is 12.3. The minimum atomic E-state index is -0.804. The molecular weight excluding hydrogens is 330 g/mol.